The fraction of sp³-hybridized carbons (Fsp3) is 0.348. The second-order valence-electron chi connectivity index (χ2n) is 7.98. The quantitative estimate of drug-likeness (QED) is 0.699. The third-order valence-corrected chi connectivity index (χ3v) is 6.32. The van der Waals surface area contributed by atoms with Crippen LogP contribution in [0.4, 0.5) is 0 Å². The molecule has 1 saturated carbocycles. The van der Waals surface area contributed by atoms with Crippen molar-refractivity contribution in [2.75, 3.05) is 6.54 Å². The van der Waals surface area contributed by atoms with E-state index in [4.69, 9.17) is 17.3 Å². The minimum absolute atomic E-state index is 0.0673. The van der Waals surface area contributed by atoms with Gasteiger partial charge in [0.25, 0.3) is 5.56 Å². The number of hydrogen-bond donors (Lipinski definition) is 1. The second-order valence-corrected chi connectivity index (χ2v) is 8.41. The zero-order valence-corrected chi connectivity index (χ0v) is 17.3. The number of aromatic nitrogens is 3. The van der Waals surface area contributed by atoms with Gasteiger partial charge in [-0.2, -0.15) is 5.10 Å². The normalized spacial score (nSPS) is 21.8. The number of pyridine rings is 1. The van der Waals surface area contributed by atoms with Gasteiger partial charge in [-0.1, -0.05) is 23.7 Å². The van der Waals surface area contributed by atoms with Crippen LogP contribution in [0.2, 0.25) is 5.02 Å². The third-order valence-electron chi connectivity index (χ3n) is 6.08. The molecule has 5 nitrogen and oxygen atoms in total. The van der Waals surface area contributed by atoms with Crippen LogP contribution in [0, 0.1) is 6.92 Å². The van der Waals surface area contributed by atoms with Gasteiger partial charge in [0.2, 0.25) is 0 Å². The zero-order chi connectivity index (χ0) is 20.4. The summed E-state index contributed by atoms with van der Waals surface area (Å²) >= 11 is 6.21. The van der Waals surface area contributed by atoms with Gasteiger partial charge < -0.3 is 5.73 Å². The Kier molecular flexibility index (Phi) is 5.52. The summed E-state index contributed by atoms with van der Waals surface area (Å²) in [7, 11) is 0. The molecule has 150 valence electrons. The molecule has 0 bridgehead atoms. The van der Waals surface area contributed by atoms with Crippen molar-refractivity contribution in [1.82, 2.24) is 14.8 Å². The molecule has 0 spiro atoms. The maximum Gasteiger partial charge on any atom is 0.267 e. The van der Waals surface area contributed by atoms with E-state index in [1.54, 1.807) is 23.0 Å². The molecule has 1 aliphatic rings. The Bertz CT molecular complexity index is 1070. The Labute approximate surface area is 175 Å². The lowest BCUT2D eigenvalue weighted by Gasteiger charge is -2.40. The maximum absolute atomic E-state index is 12.6. The summed E-state index contributed by atoms with van der Waals surface area (Å²) in [5.74, 6) is 0. The van der Waals surface area contributed by atoms with Gasteiger partial charge in [-0.3, -0.25) is 9.78 Å². The summed E-state index contributed by atoms with van der Waals surface area (Å²) in [6, 6.07) is 13.5. The monoisotopic (exact) mass is 408 g/mol. The lowest BCUT2D eigenvalue weighted by molar-refractivity contribution is 0.222. The number of aryl methyl sites for hydroxylation is 1. The number of hydrogen-bond acceptors (Lipinski definition) is 4. The van der Waals surface area contributed by atoms with E-state index >= 15 is 0 Å². The van der Waals surface area contributed by atoms with E-state index in [9.17, 15) is 4.79 Å². The molecule has 2 aromatic heterocycles. The van der Waals surface area contributed by atoms with Gasteiger partial charge in [-0.15, -0.1) is 0 Å². The molecule has 2 heterocycles. The van der Waals surface area contributed by atoms with Crippen LogP contribution in [0.5, 0.6) is 0 Å². The number of nitrogens with zero attached hydrogens (tertiary/aromatic N) is 3. The Morgan fingerprint density at radius 2 is 1.97 bits per heavy atom. The van der Waals surface area contributed by atoms with Crippen LogP contribution in [-0.4, -0.2) is 21.3 Å². The molecule has 0 atom stereocenters. The molecule has 4 rings (SSSR count). The molecule has 0 saturated heterocycles. The van der Waals surface area contributed by atoms with Gasteiger partial charge in [0, 0.05) is 41.0 Å². The van der Waals surface area contributed by atoms with E-state index in [0.29, 0.717) is 6.54 Å². The summed E-state index contributed by atoms with van der Waals surface area (Å²) in [6.45, 7) is 2.56. The van der Waals surface area contributed by atoms with Crippen LogP contribution < -0.4 is 11.3 Å². The van der Waals surface area contributed by atoms with Crippen molar-refractivity contribution in [3.63, 3.8) is 0 Å². The zero-order valence-electron chi connectivity index (χ0n) is 16.5. The summed E-state index contributed by atoms with van der Waals surface area (Å²) in [4.78, 5) is 16.8. The highest BCUT2D eigenvalue weighted by molar-refractivity contribution is 6.30. The van der Waals surface area contributed by atoms with Crippen LogP contribution in [0.15, 0.2) is 59.7 Å². The van der Waals surface area contributed by atoms with Crippen molar-refractivity contribution in [1.29, 1.82) is 0 Å². The average molecular weight is 409 g/mol. The van der Waals surface area contributed by atoms with E-state index in [0.717, 1.165) is 47.5 Å². The molecule has 6 heteroatoms. The van der Waals surface area contributed by atoms with Crippen molar-refractivity contribution in [2.45, 2.75) is 44.1 Å². The van der Waals surface area contributed by atoms with Crippen molar-refractivity contribution in [3.8, 4) is 11.3 Å². The van der Waals surface area contributed by atoms with Gasteiger partial charge in [0.15, 0.2) is 0 Å². The Morgan fingerprint density at radius 3 is 2.66 bits per heavy atom. The molecule has 0 aliphatic heterocycles. The minimum Gasteiger partial charge on any atom is -0.330 e. The Hall–Kier alpha value is -2.50. The van der Waals surface area contributed by atoms with Crippen LogP contribution in [0.3, 0.4) is 0 Å². The summed E-state index contributed by atoms with van der Waals surface area (Å²) in [5.41, 5.74) is 9.99. The molecule has 1 aliphatic carbocycles. The summed E-state index contributed by atoms with van der Waals surface area (Å²) in [5, 5.41) is 5.41. The molecular formula is C23H25ClN4O. The maximum atomic E-state index is 12.6. The first kappa shape index (κ1) is 19.8. The van der Waals surface area contributed by atoms with Crippen LogP contribution in [0.25, 0.3) is 11.3 Å². The van der Waals surface area contributed by atoms with E-state index in [1.807, 2.05) is 37.4 Å². The highest BCUT2D eigenvalue weighted by Crippen LogP contribution is 2.42. The van der Waals surface area contributed by atoms with E-state index < -0.39 is 0 Å². The molecule has 0 radical (unpaired) electrons. The molecule has 3 aromatic rings. The summed E-state index contributed by atoms with van der Waals surface area (Å²) in [6.07, 6.45) is 7.10. The standard InChI is InChI=1S/C23H25ClN4O/c1-16-11-17(14-26-13-16)21-5-6-22(29)28(27-21)20-7-9-23(15-25,10-8-20)18-3-2-4-19(24)12-18/h2-6,11-14,20H,7-10,15,25H2,1H3/t20-,23+. The largest absolute Gasteiger partial charge is 0.330 e. The molecule has 0 amide bonds. The highest BCUT2D eigenvalue weighted by Gasteiger charge is 2.37. The molecule has 1 aromatic carbocycles. The van der Waals surface area contributed by atoms with E-state index in [2.05, 4.69) is 16.1 Å². The molecule has 2 N–H and O–H groups in total. The Morgan fingerprint density at radius 1 is 1.17 bits per heavy atom. The van der Waals surface area contributed by atoms with Crippen molar-refractivity contribution < 1.29 is 0 Å². The molecule has 29 heavy (non-hydrogen) atoms. The number of rotatable bonds is 4. The van der Waals surface area contributed by atoms with E-state index in [-0.39, 0.29) is 17.0 Å². The lowest BCUT2D eigenvalue weighted by atomic mass is 9.68. The fourth-order valence-electron chi connectivity index (χ4n) is 4.36. The summed E-state index contributed by atoms with van der Waals surface area (Å²) < 4.78 is 1.65. The predicted molar refractivity (Wildman–Crippen MR) is 116 cm³/mol. The lowest BCUT2D eigenvalue weighted by Crippen LogP contribution is -2.41. The van der Waals surface area contributed by atoms with Gasteiger partial charge in [-0.25, -0.2) is 4.68 Å². The van der Waals surface area contributed by atoms with Gasteiger partial charge in [-0.05, 0) is 68.0 Å². The van der Waals surface area contributed by atoms with Crippen molar-refractivity contribution in [3.05, 3.63) is 81.4 Å². The smallest absolute Gasteiger partial charge is 0.267 e. The average Bonchev–Trinajstić information content (AvgIpc) is 2.74. The molecule has 1 fully saturated rings. The topological polar surface area (TPSA) is 73.8 Å². The van der Waals surface area contributed by atoms with Crippen molar-refractivity contribution in [2.24, 2.45) is 5.73 Å². The first-order valence-corrected chi connectivity index (χ1v) is 10.4. The SMILES string of the molecule is Cc1cncc(-c2ccc(=O)n([C@H]3CC[C@@](CN)(c4cccc(Cl)c4)CC3)n2)c1. The predicted octanol–water partition coefficient (Wildman–Crippen LogP) is 4.28. The highest BCUT2D eigenvalue weighted by atomic mass is 35.5. The third kappa shape index (κ3) is 3.98. The first-order valence-electron chi connectivity index (χ1n) is 9.99. The van der Waals surface area contributed by atoms with Gasteiger partial charge in [0.1, 0.15) is 0 Å². The molecule has 0 unspecified atom stereocenters. The fourth-order valence-corrected chi connectivity index (χ4v) is 4.55. The number of benzene rings is 1. The number of nitrogens with two attached hydrogens (primary N) is 1. The first-order chi connectivity index (χ1) is 14.0. The van der Waals surface area contributed by atoms with Crippen LogP contribution >= 0.6 is 11.6 Å². The number of halogens is 1. The Balaban J connectivity index is 1.60. The van der Waals surface area contributed by atoms with E-state index in [1.165, 1.54) is 5.56 Å². The molecular weight excluding hydrogens is 384 g/mol. The van der Waals surface area contributed by atoms with Crippen LogP contribution in [0.1, 0.15) is 42.9 Å². The second kappa shape index (κ2) is 8.09. The van der Waals surface area contributed by atoms with Gasteiger partial charge >= 0.3 is 0 Å². The van der Waals surface area contributed by atoms with Crippen molar-refractivity contribution >= 4 is 11.6 Å². The van der Waals surface area contributed by atoms with Gasteiger partial charge in [0.05, 0.1) is 11.7 Å². The van der Waals surface area contributed by atoms with Crippen LogP contribution in [-0.2, 0) is 5.41 Å². The minimum atomic E-state index is -0.0942.